The van der Waals surface area contributed by atoms with E-state index in [2.05, 4.69) is 21.6 Å². The zero-order valence-corrected chi connectivity index (χ0v) is 24.3. The molecule has 1 saturated heterocycles. The molecule has 1 aliphatic heterocycles. The molecule has 7 nitrogen and oxygen atoms in total. The smallest absolute Gasteiger partial charge is 0.406 e. The fraction of sp³-hybridized carbons (Fsp3) is 0.290. The van der Waals surface area contributed by atoms with Crippen molar-refractivity contribution < 1.29 is 27.1 Å². The third-order valence-corrected chi connectivity index (χ3v) is 7.65. The molecule has 226 valence electrons. The highest BCUT2D eigenvalue weighted by molar-refractivity contribution is 6.30. The number of rotatable bonds is 8. The quantitative estimate of drug-likeness (QED) is 0.175. The summed E-state index contributed by atoms with van der Waals surface area (Å²) >= 11 is 6.14. The van der Waals surface area contributed by atoms with Crippen molar-refractivity contribution in [1.29, 1.82) is 0 Å². The van der Waals surface area contributed by atoms with Crippen LogP contribution in [0.4, 0.5) is 28.9 Å². The molecule has 5 rings (SSSR count). The second kappa shape index (κ2) is 12.2. The molecule has 2 atom stereocenters. The van der Waals surface area contributed by atoms with Crippen molar-refractivity contribution in [2.75, 3.05) is 22.9 Å². The van der Waals surface area contributed by atoms with Crippen LogP contribution in [0.3, 0.4) is 0 Å². The van der Waals surface area contributed by atoms with Crippen molar-refractivity contribution in [1.82, 2.24) is 14.7 Å². The maximum Gasteiger partial charge on any atom is 0.573 e. The number of aromatic nitrogens is 2. The third kappa shape index (κ3) is 6.56. The lowest BCUT2D eigenvalue weighted by atomic mass is 10.0. The molecule has 1 aliphatic rings. The van der Waals surface area contributed by atoms with Crippen molar-refractivity contribution in [3.63, 3.8) is 0 Å². The number of hydrogen-bond donors (Lipinski definition) is 1. The van der Waals surface area contributed by atoms with E-state index in [1.807, 2.05) is 23.6 Å². The van der Waals surface area contributed by atoms with E-state index >= 15 is 4.39 Å². The van der Waals surface area contributed by atoms with Crippen molar-refractivity contribution in [3.8, 4) is 5.75 Å². The van der Waals surface area contributed by atoms with Gasteiger partial charge in [-0.1, -0.05) is 30.7 Å². The molecule has 2 aromatic carbocycles. The van der Waals surface area contributed by atoms with E-state index in [0.717, 1.165) is 5.69 Å². The number of carbonyl (C=O) groups excluding carboxylic acids is 1. The Labute approximate surface area is 251 Å². The summed E-state index contributed by atoms with van der Waals surface area (Å²) in [6, 6.07) is 13.6. The van der Waals surface area contributed by atoms with E-state index in [1.54, 1.807) is 53.1 Å². The summed E-state index contributed by atoms with van der Waals surface area (Å²) in [5, 5.41) is 3.34. The number of hydrogen-bond acceptors (Lipinski definition) is 5. The standard InChI is InChI=1S/C31H30ClF4N5O2/c1-4-22-18-39(23-8-10-24(11-9-23)43-31(34,35)36)19(3)16-40(22)27-12-6-20(14-25(27)33)15-37-30(42)29-26(5-2)38-28-13-7-21(32)17-41(28)29/h4,6-14,17,19,22H,1,5,15-16,18H2,2-3H3,(H,37,42)/t19-,22+/m0/s1. The van der Waals surface area contributed by atoms with Crippen LogP contribution in [0.1, 0.15) is 35.6 Å². The Morgan fingerprint density at radius 2 is 1.88 bits per heavy atom. The number of piperazine rings is 1. The van der Waals surface area contributed by atoms with Crippen LogP contribution in [0.5, 0.6) is 5.75 Å². The summed E-state index contributed by atoms with van der Waals surface area (Å²) in [6.07, 6.45) is -0.844. The SMILES string of the molecule is C=C[C@@H]1CN(c2ccc(OC(F)(F)F)cc2)[C@@H](C)CN1c1ccc(CNC(=O)c2c(CC)nc3ccc(Cl)cn23)cc1F. The Balaban J connectivity index is 1.28. The van der Waals surface area contributed by atoms with Gasteiger partial charge in [-0.05, 0) is 67.4 Å². The molecule has 1 amide bonds. The molecule has 0 unspecified atom stereocenters. The van der Waals surface area contributed by atoms with Crippen molar-refractivity contribution in [2.24, 2.45) is 0 Å². The molecular weight excluding hydrogens is 586 g/mol. The highest BCUT2D eigenvalue weighted by atomic mass is 35.5. The number of aryl methyl sites for hydroxylation is 1. The maximum absolute atomic E-state index is 15.5. The second-order valence-electron chi connectivity index (χ2n) is 10.3. The number of carbonyl (C=O) groups is 1. The number of anilines is 2. The molecule has 3 heterocycles. The highest BCUT2D eigenvalue weighted by Gasteiger charge is 2.33. The minimum absolute atomic E-state index is 0.0873. The molecule has 1 N–H and O–H groups in total. The Hall–Kier alpha value is -4.25. The molecule has 1 fully saturated rings. The number of fused-ring (bicyclic) bond motifs is 1. The maximum atomic E-state index is 15.5. The number of ether oxygens (including phenoxy) is 1. The van der Waals surface area contributed by atoms with Gasteiger partial charge in [0.1, 0.15) is 22.9 Å². The first kappa shape index (κ1) is 30.2. The lowest BCUT2D eigenvalue weighted by Crippen LogP contribution is -2.57. The van der Waals surface area contributed by atoms with Gasteiger partial charge in [-0.25, -0.2) is 9.37 Å². The van der Waals surface area contributed by atoms with Crippen LogP contribution in [0.15, 0.2) is 73.4 Å². The molecule has 0 radical (unpaired) electrons. The van der Waals surface area contributed by atoms with E-state index < -0.39 is 12.2 Å². The van der Waals surface area contributed by atoms with Crippen LogP contribution in [0, 0.1) is 5.82 Å². The Morgan fingerprint density at radius 3 is 2.53 bits per heavy atom. The van der Waals surface area contributed by atoms with Crippen LogP contribution in [-0.4, -0.2) is 46.8 Å². The number of imidazole rings is 1. The average molecular weight is 616 g/mol. The zero-order chi connectivity index (χ0) is 30.9. The van der Waals surface area contributed by atoms with Gasteiger partial charge in [0.25, 0.3) is 5.91 Å². The van der Waals surface area contributed by atoms with E-state index in [9.17, 15) is 18.0 Å². The lowest BCUT2D eigenvalue weighted by Gasteiger charge is -2.46. The topological polar surface area (TPSA) is 62.1 Å². The van der Waals surface area contributed by atoms with Gasteiger partial charge in [0, 0.05) is 37.6 Å². The number of pyridine rings is 1. The lowest BCUT2D eigenvalue weighted by molar-refractivity contribution is -0.274. The summed E-state index contributed by atoms with van der Waals surface area (Å²) in [7, 11) is 0. The predicted molar refractivity (Wildman–Crippen MR) is 158 cm³/mol. The van der Waals surface area contributed by atoms with Crippen LogP contribution >= 0.6 is 11.6 Å². The number of alkyl halides is 3. The number of nitrogens with zero attached hydrogens (tertiary/aromatic N) is 4. The molecule has 4 aromatic rings. The van der Waals surface area contributed by atoms with Gasteiger partial charge in [-0.2, -0.15) is 0 Å². The van der Waals surface area contributed by atoms with Gasteiger partial charge >= 0.3 is 6.36 Å². The number of nitrogens with one attached hydrogen (secondary N) is 1. The highest BCUT2D eigenvalue weighted by Crippen LogP contribution is 2.32. The Morgan fingerprint density at radius 1 is 1.14 bits per heavy atom. The molecular formula is C31H30ClF4N5O2. The van der Waals surface area contributed by atoms with Gasteiger partial charge in [0.05, 0.1) is 22.4 Å². The Bertz CT molecular complexity index is 1640. The number of halogens is 5. The van der Waals surface area contributed by atoms with E-state index in [4.69, 9.17) is 11.6 Å². The average Bonchev–Trinajstić information content (AvgIpc) is 3.33. The van der Waals surface area contributed by atoms with E-state index in [1.165, 1.54) is 18.2 Å². The number of benzene rings is 2. The first-order valence-corrected chi connectivity index (χ1v) is 14.1. The predicted octanol–water partition coefficient (Wildman–Crippen LogP) is 6.79. The molecule has 0 bridgehead atoms. The Kier molecular flexibility index (Phi) is 8.55. The van der Waals surface area contributed by atoms with Crippen LogP contribution in [-0.2, 0) is 13.0 Å². The minimum Gasteiger partial charge on any atom is -0.406 e. The normalized spacial score (nSPS) is 17.3. The minimum atomic E-state index is -4.76. The van der Waals surface area contributed by atoms with Crippen LogP contribution in [0.25, 0.3) is 5.65 Å². The largest absolute Gasteiger partial charge is 0.573 e. The van der Waals surface area contributed by atoms with Crippen molar-refractivity contribution in [3.05, 3.63) is 101 Å². The molecule has 0 spiro atoms. The fourth-order valence-corrected chi connectivity index (χ4v) is 5.55. The van der Waals surface area contributed by atoms with Crippen LogP contribution in [0.2, 0.25) is 5.02 Å². The third-order valence-electron chi connectivity index (χ3n) is 7.43. The van der Waals surface area contributed by atoms with E-state index in [-0.39, 0.29) is 30.3 Å². The molecule has 0 aliphatic carbocycles. The number of amides is 1. The van der Waals surface area contributed by atoms with Gasteiger partial charge in [0.2, 0.25) is 0 Å². The van der Waals surface area contributed by atoms with Gasteiger partial charge in [0.15, 0.2) is 0 Å². The van der Waals surface area contributed by atoms with Gasteiger partial charge in [-0.15, -0.1) is 19.8 Å². The summed E-state index contributed by atoms with van der Waals surface area (Å²) in [6.45, 7) is 8.81. The molecule has 2 aromatic heterocycles. The summed E-state index contributed by atoms with van der Waals surface area (Å²) < 4.78 is 58.8. The van der Waals surface area contributed by atoms with E-state index in [0.29, 0.717) is 52.8 Å². The first-order valence-electron chi connectivity index (χ1n) is 13.7. The van der Waals surface area contributed by atoms with Crippen LogP contribution < -0.4 is 19.9 Å². The van der Waals surface area contributed by atoms with Gasteiger partial charge in [-0.3, -0.25) is 9.20 Å². The summed E-state index contributed by atoms with van der Waals surface area (Å²) in [5.74, 6) is -1.08. The fourth-order valence-electron chi connectivity index (χ4n) is 5.39. The van der Waals surface area contributed by atoms with Crippen molar-refractivity contribution in [2.45, 2.75) is 45.3 Å². The monoisotopic (exact) mass is 615 g/mol. The van der Waals surface area contributed by atoms with Crippen molar-refractivity contribution >= 4 is 34.5 Å². The molecule has 43 heavy (non-hydrogen) atoms. The molecule has 0 saturated carbocycles. The summed E-state index contributed by atoms with van der Waals surface area (Å²) in [4.78, 5) is 21.6. The van der Waals surface area contributed by atoms with Gasteiger partial charge < -0.3 is 19.9 Å². The first-order chi connectivity index (χ1) is 20.5. The zero-order valence-electron chi connectivity index (χ0n) is 23.5. The summed E-state index contributed by atoms with van der Waals surface area (Å²) in [5.41, 5.74) is 3.34. The second-order valence-corrected chi connectivity index (χ2v) is 10.7. The molecule has 12 heteroatoms.